The first-order chi connectivity index (χ1) is 12.7. The first kappa shape index (κ1) is 19.2. The van der Waals surface area contributed by atoms with Crippen molar-refractivity contribution in [1.29, 1.82) is 0 Å². The van der Waals surface area contributed by atoms with Gasteiger partial charge in [-0.3, -0.25) is 14.9 Å². The minimum Gasteiger partial charge on any atom is -0.444 e. The Morgan fingerprint density at radius 1 is 1.26 bits per heavy atom. The van der Waals surface area contributed by atoms with Crippen molar-refractivity contribution in [3.8, 4) is 0 Å². The Bertz CT molecular complexity index is 795. The minimum absolute atomic E-state index is 0.317. The lowest BCUT2D eigenvalue weighted by atomic mass is 10.2. The van der Waals surface area contributed by atoms with Crippen molar-refractivity contribution in [1.82, 2.24) is 15.2 Å². The van der Waals surface area contributed by atoms with Crippen molar-refractivity contribution in [2.75, 3.05) is 31.1 Å². The second-order valence-electron chi connectivity index (χ2n) is 7.22. The summed E-state index contributed by atoms with van der Waals surface area (Å²) >= 11 is 0.879. The number of hydrogen-bond acceptors (Lipinski definition) is 7. The fourth-order valence-electron chi connectivity index (χ4n) is 2.78. The van der Waals surface area contributed by atoms with E-state index in [1.807, 2.05) is 26.8 Å². The summed E-state index contributed by atoms with van der Waals surface area (Å²) in [6.07, 6.45) is 3.04. The Morgan fingerprint density at radius 3 is 2.56 bits per heavy atom. The summed E-state index contributed by atoms with van der Waals surface area (Å²) in [5.74, 6) is 0.330. The van der Waals surface area contributed by atoms with Crippen LogP contribution < -0.4 is 10.2 Å². The van der Waals surface area contributed by atoms with E-state index in [1.54, 1.807) is 23.2 Å². The summed E-state index contributed by atoms with van der Waals surface area (Å²) in [4.78, 5) is 43.9. The third-order valence-corrected chi connectivity index (χ3v) is 4.79. The largest absolute Gasteiger partial charge is 0.444 e. The molecule has 2 aliphatic rings. The van der Waals surface area contributed by atoms with E-state index in [4.69, 9.17) is 4.74 Å². The van der Waals surface area contributed by atoms with Crippen molar-refractivity contribution < 1.29 is 19.1 Å². The fourth-order valence-corrected chi connectivity index (χ4v) is 3.45. The summed E-state index contributed by atoms with van der Waals surface area (Å²) < 4.78 is 5.42. The molecule has 0 atom stereocenters. The molecule has 9 heteroatoms. The maximum Gasteiger partial charge on any atom is 0.410 e. The molecular formula is C18H22N4O4S. The minimum atomic E-state index is -0.522. The van der Waals surface area contributed by atoms with Crippen LogP contribution in [0.2, 0.25) is 0 Å². The molecule has 0 aromatic carbocycles. The van der Waals surface area contributed by atoms with Crippen LogP contribution in [0.25, 0.3) is 6.08 Å². The van der Waals surface area contributed by atoms with E-state index < -0.39 is 11.5 Å². The number of carbonyl (C=O) groups is 3. The van der Waals surface area contributed by atoms with Gasteiger partial charge in [0.25, 0.3) is 11.1 Å². The lowest BCUT2D eigenvalue weighted by Crippen LogP contribution is -2.50. The number of carbonyl (C=O) groups excluding carboxylic acids is 3. The van der Waals surface area contributed by atoms with Gasteiger partial charge < -0.3 is 14.5 Å². The summed E-state index contributed by atoms with van der Waals surface area (Å²) in [7, 11) is 0. The van der Waals surface area contributed by atoms with Crippen LogP contribution in [0.4, 0.5) is 15.4 Å². The van der Waals surface area contributed by atoms with Crippen molar-refractivity contribution in [3.63, 3.8) is 0 Å². The van der Waals surface area contributed by atoms with Gasteiger partial charge in [-0.15, -0.1) is 0 Å². The zero-order valence-electron chi connectivity index (χ0n) is 15.5. The second kappa shape index (κ2) is 7.59. The Morgan fingerprint density at radius 2 is 1.96 bits per heavy atom. The van der Waals surface area contributed by atoms with Gasteiger partial charge in [-0.25, -0.2) is 9.78 Å². The van der Waals surface area contributed by atoms with Crippen LogP contribution in [0, 0.1) is 0 Å². The third-order valence-electron chi connectivity index (χ3n) is 3.98. The average molecular weight is 390 g/mol. The van der Waals surface area contributed by atoms with E-state index in [2.05, 4.69) is 15.2 Å². The predicted octanol–water partition coefficient (Wildman–Crippen LogP) is 2.46. The molecule has 3 heterocycles. The maximum absolute atomic E-state index is 12.2. The van der Waals surface area contributed by atoms with E-state index in [9.17, 15) is 14.4 Å². The van der Waals surface area contributed by atoms with Crippen LogP contribution in [0.1, 0.15) is 26.3 Å². The Labute approximate surface area is 161 Å². The molecule has 2 aliphatic heterocycles. The number of piperazine rings is 1. The molecule has 3 rings (SSSR count). The second-order valence-corrected chi connectivity index (χ2v) is 8.24. The quantitative estimate of drug-likeness (QED) is 0.776. The molecule has 0 saturated carbocycles. The molecule has 1 aromatic rings. The number of nitrogens with zero attached hydrogens (tertiary/aromatic N) is 3. The molecule has 0 spiro atoms. The molecular weight excluding hydrogens is 368 g/mol. The van der Waals surface area contributed by atoms with Crippen molar-refractivity contribution in [3.05, 3.63) is 28.8 Å². The lowest BCUT2D eigenvalue weighted by molar-refractivity contribution is -0.115. The van der Waals surface area contributed by atoms with Crippen LogP contribution >= 0.6 is 11.8 Å². The van der Waals surface area contributed by atoms with Crippen LogP contribution in [0.5, 0.6) is 0 Å². The van der Waals surface area contributed by atoms with E-state index in [1.165, 1.54) is 0 Å². The van der Waals surface area contributed by atoms with E-state index in [0.717, 1.165) is 23.1 Å². The zero-order chi connectivity index (χ0) is 19.6. The molecule has 1 aromatic heterocycles. The summed E-state index contributed by atoms with van der Waals surface area (Å²) in [6, 6.07) is 3.64. The van der Waals surface area contributed by atoms with Crippen LogP contribution in [0.15, 0.2) is 23.2 Å². The number of ether oxygens (including phenoxy) is 1. The van der Waals surface area contributed by atoms with Gasteiger partial charge in [0.1, 0.15) is 11.4 Å². The maximum atomic E-state index is 12.2. The standard InChI is InChI=1S/C18H22N4O4S/c1-18(2,3)26-17(25)22-9-7-21(8-10-22)14-12(5-4-6-19-14)11-13-15(23)20-16(24)27-13/h4-6,11H,7-10H2,1-3H3,(H,20,23,24). The fraction of sp³-hybridized carbons (Fsp3) is 0.444. The molecule has 8 nitrogen and oxygen atoms in total. The number of anilines is 1. The molecule has 0 aliphatic carbocycles. The molecule has 2 saturated heterocycles. The SMILES string of the molecule is CC(C)(C)OC(=O)N1CCN(c2ncccc2C=C2SC(=O)NC2=O)CC1. The number of pyridine rings is 1. The molecule has 27 heavy (non-hydrogen) atoms. The highest BCUT2D eigenvalue weighted by molar-refractivity contribution is 8.18. The summed E-state index contributed by atoms with van der Waals surface area (Å²) in [5.41, 5.74) is 0.237. The van der Waals surface area contributed by atoms with Gasteiger partial charge in [-0.05, 0) is 50.7 Å². The molecule has 0 unspecified atom stereocenters. The highest BCUT2D eigenvalue weighted by Crippen LogP contribution is 2.29. The number of imide groups is 1. The summed E-state index contributed by atoms with van der Waals surface area (Å²) in [5, 5.41) is 1.88. The van der Waals surface area contributed by atoms with Crippen LogP contribution in [0.3, 0.4) is 0 Å². The van der Waals surface area contributed by atoms with Crippen LogP contribution in [-0.2, 0) is 9.53 Å². The van der Waals surface area contributed by atoms with Crippen molar-refractivity contribution in [2.45, 2.75) is 26.4 Å². The summed E-state index contributed by atoms with van der Waals surface area (Å²) in [6.45, 7) is 7.78. The first-order valence-corrected chi connectivity index (χ1v) is 9.47. The molecule has 144 valence electrons. The van der Waals surface area contributed by atoms with E-state index in [-0.39, 0.29) is 11.3 Å². The van der Waals surface area contributed by atoms with Gasteiger partial charge in [-0.2, -0.15) is 0 Å². The molecule has 3 amide bonds. The number of thioether (sulfide) groups is 1. The van der Waals surface area contributed by atoms with Gasteiger partial charge in [-0.1, -0.05) is 0 Å². The monoisotopic (exact) mass is 390 g/mol. The normalized spacial score (nSPS) is 19.4. The smallest absolute Gasteiger partial charge is 0.410 e. The number of nitrogens with one attached hydrogen (secondary N) is 1. The number of hydrogen-bond donors (Lipinski definition) is 1. The Balaban J connectivity index is 1.70. The van der Waals surface area contributed by atoms with Gasteiger partial charge >= 0.3 is 6.09 Å². The molecule has 2 fully saturated rings. The third kappa shape index (κ3) is 4.79. The topological polar surface area (TPSA) is 91.8 Å². The number of rotatable bonds is 2. The van der Waals surface area contributed by atoms with Crippen molar-refractivity contribution >= 4 is 40.9 Å². The lowest BCUT2D eigenvalue weighted by Gasteiger charge is -2.36. The van der Waals surface area contributed by atoms with Crippen molar-refractivity contribution in [2.24, 2.45) is 0 Å². The highest BCUT2D eigenvalue weighted by Gasteiger charge is 2.28. The highest BCUT2D eigenvalue weighted by atomic mass is 32.2. The Hall–Kier alpha value is -2.55. The average Bonchev–Trinajstić information content (AvgIpc) is 2.91. The van der Waals surface area contributed by atoms with E-state index in [0.29, 0.717) is 31.1 Å². The molecule has 0 bridgehead atoms. The van der Waals surface area contributed by atoms with E-state index >= 15 is 0 Å². The Kier molecular flexibility index (Phi) is 5.41. The van der Waals surface area contributed by atoms with Gasteiger partial charge in [0.2, 0.25) is 0 Å². The number of aromatic nitrogens is 1. The molecule has 0 radical (unpaired) electrons. The van der Waals surface area contributed by atoms with Gasteiger partial charge in [0, 0.05) is 37.9 Å². The van der Waals surface area contributed by atoms with Crippen LogP contribution in [-0.4, -0.2) is 58.9 Å². The van der Waals surface area contributed by atoms with Gasteiger partial charge in [0.15, 0.2) is 0 Å². The predicted molar refractivity (Wildman–Crippen MR) is 103 cm³/mol. The first-order valence-electron chi connectivity index (χ1n) is 8.66. The number of amides is 3. The molecule has 1 N–H and O–H groups in total. The van der Waals surface area contributed by atoms with Gasteiger partial charge in [0.05, 0.1) is 4.91 Å². The zero-order valence-corrected chi connectivity index (χ0v) is 16.3.